The predicted molar refractivity (Wildman–Crippen MR) is 386 cm³/mol. The van der Waals surface area contributed by atoms with E-state index >= 15 is 0 Å². The minimum absolute atomic E-state index is 0.0415. The second-order valence-electron chi connectivity index (χ2n) is 25.6. The van der Waals surface area contributed by atoms with Crippen molar-refractivity contribution in [3.05, 3.63) is 18.2 Å². The molecule has 1 aromatic rings. The van der Waals surface area contributed by atoms with Crippen LogP contribution in [0.25, 0.3) is 0 Å². The number of aromatic amines is 1. The van der Waals surface area contributed by atoms with Crippen LogP contribution in [0, 0.1) is 0 Å². The number of carboxylic acid groups (broad SMARTS) is 3. The standard InChI is InChI=1S/C63H104N24O26/c1-27(75-45(94)23-73-52(102)32(65)24-88)49(99)79-35(10-14-42(66)91)55(105)82-37(12-16-46(95)96)53(103)76-28(2)50(100)78-33(8-5-6-18-64)54(104)83-38(13-17-47(97)98)57(107)81-36(11-15-43(67)92)56(106)80-34(9-7-19-72-63(69)70)58(108)87-48(30(4)90)61(111)85-40(21-44(68)93)59(109)77-29(3)51(101)84-39(20-31-22-71-26-74-31)60(110)86-41(25-89)62(112)113/h22,26-30,32-41,48,88-90H,5-21,23-25,64-65H2,1-4H3,(H2,66,91)(H2,67,92)(H2,68,93)(H,71,74)(H,73,102)(H,75,94)(H,76,103)(H,77,109)(H,78,100)(H,79,99)(H,80,106)(H,81,107)(H,82,105)(H,83,104)(H,84,101)(H,85,111)(H,86,110)(H,87,108)(H,95,96)(H,97,98)(H,112,113)(H4,69,70,72). The summed E-state index contributed by atoms with van der Waals surface area (Å²) in [5.41, 5.74) is 38.4. The summed E-state index contributed by atoms with van der Waals surface area (Å²) >= 11 is 0. The van der Waals surface area contributed by atoms with E-state index in [-0.39, 0.29) is 50.9 Å². The molecule has 0 spiro atoms. The Kier molecular flexibility index (Phi) is 44.7. The molecule has 0 fully saturated rings. The Bertz CT molecular complexity index is 3530. The normalized spacial score (nSPS) is 14.9. The Morgan fingerprint density at radius 3 is 1.20 bits per heavy atom. The van der Waals surface area contributed by atoms with Crippen molar-refractivity contribution in [3.63, 3.8) is 0 Å². The molecular formula is C63H104N24O26. The van der Waals surface area contributed by atoms with E-state index in [4.69, 9.17) is 45.2 Å². The van der Waals surface area contributed by atoms with Crippen LogP contribution in [-0.2, 0) is 102 Å². The summed E-state index contributed by atoms with van der Waals surface area (Å²) in [7, 11) is 0. The number of carbonyl (C=O) groups excluding carboxylic acids is 17. The number of hydrogen-bond acceptors (Lipinski definition) is 27. The zero-order valence-electron chi connectivity index (χ0n) is 62.2. The minimum Gasteiger partial charge on any atom is -0.481 e. The van der Waals surface area contributed by atoms with Crippen LogP contribution in [0.1, 0.15) is 123 Å². The molecule has 0 aliphatic heterocycles. The number of aliphatic hydroxyl groups excluding tert-OH is 3. The summed E-state index contributed by atoms with van der Waals surface area (Å²) in [6, 6.07) is -24.5. The van der Waals surface area contributed by atoms with Gasteiger partial charge in [0.2, 0.25) is 100 Å². The number of nitrogens with two attached hydrogens (primary N) is 7. The third kappa shape index (κ3) is 39.2. The molecule has 1 aromatic heterocycles. The molecule has 15 atom stereocenters. The van der Waals surface area contributed by atoms with Crippen molar-refractivity contribution in [3.8, 4) is 0 Å². The van der Waals surface area contributed by atoms with E-state index in [2.05, 4.69) is 84.1 Å². The lowest BCUT2D eigenvalue weighted by Gasteiger charge is -2.28. The molecule has 0 aliphatic rings. The van der Waals surface area contributed by atoms with Crippen LogP contribution in [0.15, 0.2) is 17.5 Å². The molecule has 0 saturated heterocycles. The molecular weight excluding hydrogens is 1510 g/mol. The second kappa shape index (κ2) is 51.2. The number of amides is 17. The molecule has 50 heteroatoms. The van der Waals surface area contributed by atoms with Crippen LogP contribution < -0.4 is 115 Å². The Balaban J connectivity index is 3.63. The van der Waals surface area contributed by atoms with Gasteiger partial charge in [0.05, 0.1) is 38.6 Å². The van der Waals surface area contributed by atoms with E-state index in [0.717, 1.165) is 27.7 Å². The van der Waals surface area contributed by atoms with Gasteiger partial charge in [-0.1, -0.05) is 0 Å². The van der Waals surface area contributed by atoms with Crippen molar-refractivity contribution in [2.24, 2.45) is 45.1 Å². The molecule has 1 heterocycles. The molecule has 35 N–H and O–H groups in total. The van der Waals surface area contributed by atoms with E-state index in [1.807, 2.05) is 5.32 Å². The number of unbranched alkanes of at least 4 members (excludes halogenated alkanes) is 1. The van der Waals surface area contributed by atoms with E-state index in [1.54, 1.807) is 0 Å². The fourth-order valence-corrected chi connectivity index (χ4v) is 9.81. The molecule has 113 heavy (non-hydrogen) atoms. The highest BCUT2D eigenvalue weighted by Crippen LogP contribution is 2.12. The first kappa shape index (κ1) is 98.7. The molecule has 632 valence electrons. The molecule has 15 unspecified atom stereocenters. The Morgan fingerprint density at radius 1 is 0.434 bits per heavy atom. The summed E-state index contributed by atoms with van der Waals surface area (Å²) in [5, 5.41) is 89.4. The number of carboxylic acids is 3. The van der Waals surface area contributed by atoms with Gasteiger partial charge in [0.15, 0.2) is 5.96 Å². The number of nitrogens with one attached hydrogen (secondary N) is 15. The highest BCUT2D eigenvalue weighted by Gasteiger charge is 2.38. The van der Waals surface area contributed by atoms with Gasteiger partial charge in [-0.3, -0.25) is 96.1 Å². The van der Waals surface area contributed by atoms with Crippen molar-refractivity contribution in [1.29, 1.82) is 0 Å². The SMILES string of the molecule is CC(NC(=O)CNC(=O)C(N)CO)C(=O)NC(CCC(N)=O)C(=O)NC(CCC(=O)O)C(=O)NC(C)C(=O)NC(CCCCN)C(=O)NC(CCC(=O)O)C(=O)NC(CCC(N)=O)C(=O)NC(CCCN=C(N)N)C(=O)NC(C(=O)NC(CC(N)=O)C(=O)NC(C)C(=O)NC(Cc1cnc[nH]1)C(=O)NC(CO)C(=O)O)C(C)O. The summed E-state index contributed by atoms with van der Waals surface area (Å²) in [6.07, 6.45) is -6.88. The molecule has 17 amide bonds. The predicted octanol–water partition coefficient (Wildman–Crippen LogP) is -14.5. The summed E-state index contributed by atoms with van der Waals surface area (Å²) < 4.78 is 0. The van der Waals surface area contributed by atoms with Crippen molar-refractivity contribution in [2.75, 3.05) is 32.8 Å². The number of H-pyrrole nitrogens is 1. The molecule has 50 nitrogen and oxygen atoms in total. The van der Waals surface area contributed by atoms with Crippen molar-refractivity contribution < 1.29 is 127 Å². The largest absolute Gasteiger partial charge is 0.481 e. The molecule has 0 radical (unpaired) electrons. The maximum absolute atomic E-state index is 14.4. The van der Waals surface area contributed by atoms with Gasteiger partial charge < -0.3 is 150 Å². The number of nitrogens with zero attached hydrogens (tertiary/aromatic N) is 2. The van der Waals surface area contributed by atoms with E-state index in [1.165, 1.54) is 12.5 Å². The molecule has 1 rings (SSSR count). The van der Waals surface area contributed by atoms with Crippen molar-refractivity contribution >= 4 is 124 Å². The van der Waals surface area contributed by atoms with Gasteiger partial charge in [-0.05, 0) is 92.0 Å². The number of primary amides is 3. The fraction of sp³-hybridized carbons (Fsp3) is 0.619. The van der Waals surface area contributed by atoms with Gasteiger partial charge in [-0.2, -0.15) is 0 Å². The van der Waals surface area contributed by atoms with Gasteiger partial charge in [0.1, 0.15) is 84.6 Å². The number of aromatic nitrogens is 2. The Hall–Kier alpha value is -12.3. The van der Waals surface area contributed by atoms with Gasteiger partial charge in [-0.25, -0.2) is 9.78 Å². The third-order valence-electron chi connectivity index (χ3n) is 16.1. The lowest BCUT2D eigenvalue weighted by atomic mass is 10.0. The van der Waals surface area contributed by atoms with E-state index in [0.29, 0.717) is 0 Å². The Morgan fingerprint density at radius 2 is 0.814 bits per heavy atom. The van der Waals surface area contributed by atoms with Crippen LogP contribution in [0.5, 0.6) is 0 Å². The maximum Gasteiger partial charge on any atom is 0.328 e. The summed E-state index contributed by atoms with van der Waals surface area (Å²) in [6.45, 7) is 1.62. The van der Waals surface area contributed by atoms with E-state index in [9.17, 15) is 121 Å². The van der Waals surface area contributed by atoms with Gasteiger partial charge >= 0.3 is 17.9 Å². The van der Waals surface area contributed by atoms with Crippen LogP contribution >= 0.6 is 0 Å². The summed E-state index contributed by atoms with van der Waals surface area (Å²) in [5.74, 6) is -24.8. The monoisotopic (exact) mass is 1610 g/mol. The van der Waals surface area contributed by atoms with Gasteiger partial charge in [-0.15, -0.1) is 0 Å². The number of guanidine groups is 1. The first-order valence-corrected chi connectivity index (χ1v) is 35.1. The molecule has 0 aliphatic carbocycles. The van der Waals surface area contributed by atoms with Gasteiger partial charge in [0.25, 0.3) is 0 Å². The average Bonchev–Trinajstić information content (AvgIpc) is 1.04. The highest BCUT2D eigenvalue weighted by molar-refractivity contribution is 6.01. The number of aliphatic hydroxyl groups is 3. The maximum atomic E-state index is 14.4. The smallest absolute Gasteiger partial charge is 0.328 e. The lowest BCUT2D eigenvalue weighted by molar-refractivity contribution is -0.143. The zero-order valence-corrected chi connectivity index (χ0v) is 62.2. The number of rotatable bonds is 56. The third-order valence-corrected chi connectivity index (χ3v) is 16.1. The van der Waals surface area contributed by atoms with Crippen LogP contribution in [0.4, 0.5) is 0 Å². The molecule has 0 bridgehead atoms. The first-order chi connectivity index (χ1) is 52.9. The highest BCUT2D eigenvalue weighted by atomic mass is 16.4. The number of imidazole rings is 1. The number of carbonyl (C=O) groups is 20. The van der Waals surface area contributed by atoms with Crippen LogP contribution in [-0.4, -0.2) is 288 Å². The average molecular weight is 1610 g/mol. The van der Waals surface area contributed by atoms with Crippen LogP contribution in [0.3, 0.4) is 0 Å². The van der Waals surface area contributed by atoms with E-state index < -0.39 is 299 Å². The minimum atomic E-state index is -2.10. The molecule has 0 aromatic carbocycles. The quantitative estimate of drug-likeness (QED) is 0.0164. The van der Waals surface area contributed by atoms with Crippen LogP contribution in [0.2, 0.25) is 0 Å². The summed E-state index contributed by atoms with van der Waals surface area (Å²) in [4.78, 5) is 273. The topological polar surface area (TPSA) is 854 Å². The van der Waals surface area contributed by atoms with Crippen molar-refractivity contribution in [1.82, 2.24) is 84.4 Å². The number of aliphatic imine (C=N–C) groups is 1. The molecule has 0 saturated carbocycles. The lowest BCUT2D eigenvalue weighted by Crippen LogP contribution is -2.62. The van der Waals surface area contributed by atoms with Gasteiger partial charge in [0, 0.05) is 50.5 Å². The first-order valence-electron chi connectivity index (χ1n) is 35.1. The Labute approximate surface area is 644 Å². The van der Waals surface area contributed by atoms with Crippen molar-refractivity contribution in [2.45, 2.75) is 215 Å². The number of aliphatic carboxylic acids is 3. The zero-order chi connectivity index (χ0) is 85.9. The number of hydrogen-bond donors (Lipinski definition) is 28. The second-order valence-corrected chi connectivity index (χ2v) is 25.6. The fourth-order valence-electron chi connectivity index (χ4n) is 9.81.